The normalized spacial score (nSPS) is 12.1. The predicted molar refractivity (Wildman–Crippen MR) is 239 cm³/mol. The van der Waals surface area contributed by atoms with Gasteiger partial charge in [0.15, 0.2) is 0 Å². The van der Waals surface area contributed by atoms with Crippen LogP contribution in [0.2, 0.25) is 0 Å². The molecule has 10 aromatic carbocycles. The molecule has 0 atom stereocenters. The third kappa shape index (κ3) is 4.30. The molecule has 2 aromatic heterocycles. The fraction of sp³-hybridized carbons (Fsp3) is 0. The molecule has 0 unspecified atom stereocenters. The van der Waals surface area contributed by atoms with Crippen LogP contribution in [0.5, 0.6) is 0 Å². The van der Waals surface area contributed by atoms with E-state index in [1.165, 1.54) is 117 Å². The number of fused-ring (bicyclic) bond motifs is 13. The summed E-state index contributed by atoms with van der Waals surface area (Å²) in [6.45, 7) is 0. The van der Waals surface area contributed by atoms with E-state index in [1.54, 1.807) is 0 Å². The highest BCUT2D eigenvalue weighted by molar-refractivity contribution is 7.30. The largest absolute Gasteiger partial charge is 0.134 e. The Labute approximate surface area is 319 Å². The minimum atomic E-state index is 1.23. The summed E-state index contributed by atoms with van der Waals surface area (Å²) in [5.74, 6) is 0. The highest BCUT2D eigenvalue weighted by Crippen LogP contribution is 2.50. The highest BCUT2D eigenvalue weighted by atomic mass is 32.1. The fourth-order valence-corrected chi connectivity index (χ4v) is 11.7. The molecule has 0 aliphatic carbocycles. The van der Waals surface area contributed by atoms with E-state index in [4.69, 9.17) is 0 Å². The first kappa shape index (κ1) is 30.2. The van der Waals surface area contributed by atoms with Gasteiger partial charge in [-0.05, 0) is 83.2 Å². The smallest absolute Gasteiger partial charge is 0.0455 e. The maximum absolute atomic E-state index is 2.41. The summed E-state index contributed by atoms with van der Waals surface area (Å²) in [5, 5.41) is 15.9. The van der Waals surface area contributed by atoms with E-state index in [0.717, 1.165) is 0 Å². The zero-order valence-corrected chi connectivity index (χ0v) is 30.8. The number of thiophene rings is 2. The van der Waals surface area contributed by atoms with Gasteiger partial charge in [-0.1, -0.05) is 170 Å². The number of hydrogen-bond acceptors (Lipinski definition) is 2. The van der Waals surface area contributed by atoms with Crippen molar-refractivity contribution in [2.75, 3.05) is 0 Å². The molecule has 12 aromatic rings. The topological polar surface area (TPSA) is 0 Å². The number of benzene rings is 10. The summed E-state index contributed by atoms with van der Waals surface area (Å²) in [4.78, 5) is 0. The van der Waals surface area contributed by atoms with Crippen LogP contribution in [0.15, 0.2) is 182 Å². The van der Waals surface area contributed by atoms with Gasteiger partial charge >= 0.3 is 0 Å². The van der Waals surface area contributed by atoms with Gasteiger partial charge in [0.25, 0.3) is 0 Å². The second-order valence-corrected chi connectivity index (χ2v) is 16.4. The maximum Gasteiger partial charge on any atom is 0.0455 e. The molecule has 0 saturated carbocycles. The molecule has 250 valence electrons. The van der Waals surface area contributed by atoms with Gasteiger partial charge < -0.3 is 0 Å². The first-order chi connectivity index (χ1) is 26.8. The van der Waals surface area contributed by atoms with Gasteiger partial charge in [0.1, 0.15) is 0 Å². The van der Waals surface area contributed by atoms with Crippen molar-refractivity contribution in [2.45, 2.75) is 0 Å². The first-order valence-electron chi connectivity index (χ1n) is 18.5. The van der Waals surface area contributed by atoms with Gasteiger partial charge in [-0.25, -0.2) is 0 Å². The molecule has 0 fully saturated rings. The van der Waals surface area contributed by atoms with Crippen LogP contribution in [0.25, 0.3) is 117 Å². The molecular formula is C52H30S2. The Hall–Kier alpha value is -6.32. The van der Waals surface area contributed by atoms with E-state index in [0.29, 0.717) is 0 Å². The molecule has 0 bridgehead atoms. The highest BCUT2D eigenvalue weighted by Gasteiger charge is 2.20. The maximum atomic E-state index is 2.41. The van der Waals surface area contributed by atoms with Crippen LogP contribution < -0.4 is 0 Å². The minimum Gasteiger partial charge on any atom is -0.134 e. The van der Waals surface area contributed by atoms with Crippen molar-refractivity contribution in [2.24, 2.45) is 0 Å². The monoisotopic (exact) mass is 718 g/mol. The first-order valence-corrected chi connectivity index (χ1v) is 20.1. The molecule has 2 heteroatoms. The zero-order valence-electron chi connectivity index (χ0n) is 29.1. The molecule has 0 saturated heterocycles. The van der Waals surface area contributed by atoms with Crippen molar-refractivity contribution in [3.63, 3.8) is 0 Å². The quantitative estimate of drug-likeness (QED) is 0.160. The third-order valence-corrected chi connectivity index (χ3v) is 13.8. The van der Waals surface area contributed by atoms with E-state index in [-0.39, 0.29) is 0 Å². The summed E-state index contributed by atoms with van der Waals surface area (Å²) in [7, 11) is 0. The van der Waals surface area contributed by atoms with Crippen molar-refractivity contribution in [1.82, 2.24) is 0 Å². The molecule has 2 heterocycles. The molecule has 0 N–H and O–H groups in total. The Kier molecular flexibility index (Phi) is 6.48. The van der Waals surface area contributed by atoms with Crippen LogP contribution in [0, 0.1) is 0 Å². The number of rotatable bonds is 3. The third-order valence-electron chi connectivity index (χ3n) is 11.5. The van der Waals surface area contributed by atoms with E-state index >= 15 is 0 Å². The molecule has 0 amide bonds. The summed E-state index contributed by atoms with van der Waals surface area (Å²) >= 11 is 3.87. The Bertz CT molecular complexity index is 3430. The number of hydrogen-bond donors (Lipinski definition) is 0. The lowest BCUT2D eigenvalue weighted by Crippen LogP contribution is -1.91. The summed E-state index contributed by atoms with van der Waals surface area (Å²) in [6, 6.07) is 67.6. The zero-order chi connectivity index (χ0) is 35.3. The van der Waals surface area contributed by atoms with Crippen molar-refractivity contribution in [3.05, 3.63) is 182 Å². The minimum absolute atomic E-state index is 1.23. The van der Waals surface area contributed by atoms with E-state index in [2.05, 4.69) is 182 Å². The van der Waals surface area contributed by atoms with Gasteiger partial charge in [-0.15, -0.1) is 22.7 Å². The molecule has 0 spiro atoms. The molecule has 0 aliphatic rings. The average Bonchev–Trinajstić information content (AvgIpc) is 3.82. The molecule has 0 nitrogen and oxygen atoms in total. The Balaban J connectivity index is 1.03. The van der Waals surface area contributed by atoms with Crippen molar-refractivity contribution in [1.29, 1.82) is 0 Å². The van der Waals surface area contributed by atoms with Crippen LogP contribution >= 0.6 is 22.7 Å². The Morgan fingerprint density at radius 1 is 0.278 bits per heavy atom. The Morgan fingerprint density at radius 3 is 1.54 bits per heavy atom. The molecule has 0 aliphatic heterocycles. The van der Waals surface area contributed by atoms with Gasteiger partial charge in [0.2, 0.25) is 0 Å². The van der Waals surface area contributed by atoms with E-state index in [9.17, 15) is 0 Å². The van der Waals surface area contributed by atoms with Gasteiger partial charge in [0, 0.05) is 45.7 Å². The molecule has 0 radical (unpaired) electrons. The van der Waals surface area contributed by atoms with E-state index < -0.39 is 0 Å². The van der Waals surface area contributed by atoms with Gasteiger partial charge in [-0.2, -0.15) is 0 Å². The summed E-state index contributed by atoms with van der Waals surface area (Å²) < 4.78 is 5.48. The van der Waals surface area contributed by atoms with Gasteiger partial charge in [-0.3, -0.25) is 0 Å². The SMILES string of the molecule is c1ccc2c(-c3c4ccccc4c(-c4ccc(-c5ccc6c(c5)sc5c7ccccc7c7c8ccccc8sc7c65)cc4)c4ccccc34)cccc2c1. The van der Waals surface area contributed by atoms with Crippen molar-refractivity contribution < 1.29 is 0 Å². The summed E-state index contributed by atoms with van der Waals surface area (Å²) in [5.41, 5.74) is 7.58. The lowest BCUT2D eigenvalue weighted by Gasteiger charge is -2.19. The van der Waals surface area contributed by atoms with Crippen LogP contribution in [-0.4, -0.2) is 0 Å². The average molecular weight is 719 g/mol. The van der Waals surface area contributed by atoms with E-state index in [1.807, 2.05) is 22.7 Å². The molecule has 54 heavy (non-hydrogen) atoms. The lowest BCUT2D eigenvalue weighted by molar-refractivity contribution is 1.64. The Morgan fingerprint density at radius 2 is 0.796 bits per heavy atom. The van der Waals surface area contributed by atoms with Crippen molar-refractivity contribution in [3.8, 4) is 33.4 Å². The van der Waals surface area contributed by atoms with Crippen LogP contribution in [0.4, 0.5) is 0 Å². The standard InChI is InChI=1S/C52H30S2/c1-2-14-35-32(12-1)13-11-22-36(35)48-39-17-5-3-15-37(39)47(38-16-4-6-18-40(38)48)33-26-24-31(25-27-33)34-28-29-44-46(30-34)54-51-42-20-8-7-19-41(42)49-43-21-9-10-23-45(43)53-52(49)50(44)51/h1-30H. The van der Waals surface area contributed by atoms with Gasteiger partial charge in [0.05, 0.1) is 0 Å². The van der Waals surface area contributed by atoms with Crippen LogP contribution in [0.1, 0.15) is 0 Å². The predicted octanol–water partition coefficient (Wildman–Crippen LogP) is 16.0. The summed E-state index contributed by atoms with van der Waals surface area (Å²) in [6.07, 6.45) is 0. The van der Waals surface area contributed by atoms with Crippen LogP contribution in [-0.2, 0) is 0 Å². The molecular weight excluding hydrogens is 689 g/mol. The molecule has 12 rings (SSSR count). The van der Waals surface area contributed by atoms with Crippen LogP contribution in [0.3, 0.4) is 0 Å². The van der Waals surface area contributed by atoms with Crippen molar-refractivity contribution >= 4 is 106 Å². The lowest BCUT2D eigenvalue weighted by atomic mass is 9.84. The second-order valence-electron chi connectivity index (χ2n) is 14.3. The fourth-order valence-electron chi connectivity index (χ4n) is 9.08. The second kappa shape index (κ2) is 11.6.